The van der Waals surface area contributed by atoms with Gasteiger partial charge in [-0.05, 0) is 33.2 Å². The van der Waals surface area contributed by atoms with Gasteiger partial charge in [0.25, 0.3) is 0 Å². The second-order valence-corrected chi connectivity index (χ2v) is 9.53. The highest BCUT2D eigenvalue weighted by molar-refractivity contribution is 6.03. The monoisotopic (exact) mass is 512 g/mol. The van der Waals surface area contributed by atoms with E-state index in [1.165, 1.54) is 0 Å². The van der Waals surface area contributed by atoms with Crippen molar-refractivity contribution in [1.29, 1.82) is 0 Å². The van der Waals surface area contributed by atoms with E-state index in [1.807, 2.05) is 68.7 Å². The van der Waals surface area contributed by atoms with E-state index < -0.39 is 11.9 Å². The first-order chi connectivity index (χ1) is 18.3. The van der Waals surface area contributed by atoms with Crippen molar-refractivity contribution in [3.63, 3.8) is 0 Å². The second-order valence-electron chi connectivity index (χ2n) is 9.53. The van der Waals surface area contributed by atoms with Crippen molar-refractivity contribution < 1.29 is 23.8 Å². The third kappa shape index (κ3) is 5.14. The SMILES string of the molecule is Cc1nc2c(c(-c3ccccc3)nn2-c2cccc(OCC(C)CN(C)C)c2)c2c1OC(=O)/C=C\C(=O)O2. The lowest BCUT2D eigenvalue weighted by atomic mass is 10.1. The summed E-state index contributed by atoms with van der Waals surface area (Å²) in [6.07, 6.45) is 2.07. The smallest absolute Gasteiger partial charge is 0.336 e. The molecule has 9 nitrogen and oxygen atoms in total. The van der Waals surface area contributed by atoms with Crippen molar-refractivity contribution in [1.82, 2.24) is 19.7 Å². The van der Waals surface area contributed by atoms with E-state index in [4.69, 9.17) is 24.3 Å². The molecule has 1 unspecified atom stereocenters. The summed E-state index contributed by atoms with van der Waals surface area (Å²) >= 11 is 0. The third-order valence-electron chi connectivity index (χ3n) is 5.98. The molecule has 0 amide bonds. The highest BCUT2D eigenvalue weighted by atomic mass is 16.6. The Bertz CT molecular complexity index is 1540. The Morgan fingerprint density at radius 2 is 1.68 bits per heavy atom. The van der Waals surface area contributed by atoms with Crippen molar-refractivity contribution in [3.8, 4) is 34.2 Å². The van der Waals surface area contributed by atoms with Crippen LogP contribution in [0.25, 0.3) is 28.0 Å². The number of carbonyl (C=O) groups is 2. The number of aryl methyl sites for hydroxylation is 1. The van der Waals surface area contributed by atoms with Gasteiger partial charge in [0.1, 0.15) is 11.4 Å². The molecule has 0 fully saturated rings. The Morgan fingerprint density at radius 3 is 2.39 bits per heavy atom. The minimum atomic E-state index is -0.691. The maximum absolute atomic E-state index is 12.5. The fourth-order valence-corrected chi connectivity index (χ4v) is 4.43. The number of carbonyl (C=O) groups excluding carboxylic acids is 2. The number of aromatic nitrogens is 3. The number of benzene rings is 2. The molecule has 1 aliphatic heterocycles. The lowest BCUT2D eigenvalue weighted by Crippen LogP contribution is -2.24. The van der Waals surface area contributed by atoms with Gasteiger partial charge in [0.15, 0.2) is 17.1 Å². The highest BCUT2D eigenvalue weighted by Crippen LogP contribution is 2.43. The first-order valence-electron chi connectivity index (χ1n) is 12.3. The van der Waals surface area contributed by atoms with Gasteiger partial charge in [0.2, 0.25) is 0 Å². The van der Waals surface area contributed by atoms with Crippen LogP contribution in [0.5, 0.6) is 17.2 Å². The Kier molecular flexibility index (Phi) is 6.93. The number of hydrogen-bond acceptors (Lipinski definition) is 8. The summed E-state index contributed by atoms with van der Waals surface area (Å²) in [4.78, 5) is 31.6. The lowest BCUT2D eigenvalue weighted by molar-refractivity contribution is -0.133. The number of rotatable bonds is 7. The zero-order valence-corrected chi connectivity index (χ0v) is 21.7. The van der Waals surface area contributed by atoms with Gasteiger partial charge in [-0.25, -0.2) is 19.3 Å². The maximum Gasteiger partial charge on any atom is 0.336 e. The van der Waals surface area contributed by atoms with Crippen LogP contribution in [0.3, 0.4) is 0 Å². The molecule has 0 aliphatic carbocycles. The van der Waals surface area contributed by atoms with Crippen molar-refractivity contribution in [2.45, 2.75) is 13.8 Å². The Balaban J connectivity index is 1.66. The van der Waals surface area contributed by atoms with E-state index in [0.717, 1.165) is 29.9 Å². The molecule has 5 rings (SSSR count). The summed E-state index contributed by atoms with van der Waals surface area (Å²) in [6, 6.07) is 17.1. The number of ether oxygens (including phenoxy) is 3. The molecule has 194 valence electrons. The molecule has 0 saturated heterocycles. The molecule has 0 radical (unpaired) electrons. The van der Waals surface area contributed by atoms with Gasteiger partial charge in [-0.3, -0.25) is 0 Å². The Labute approximate surface area is 220 Å². The number of nitrogens with zero attached hydrogens (tertiary/aromatic N) is 4. The van der Waals surface area contributed by atoms with E-state index in [-0.39, 0.29) is 11.5 Å². The highest BCUT2D eigenvalue weighted by Gasteiger charge is 2.28. The van der Waals surface area contributed by atoms with Crippen LogP contribution in [0.4, 0.5) is 0 Å². The van der Waals surface area contributed by atoms with E-state index in [2.05, 4.69) is 11.8 Å². The fraction of sp³-hybridized carbons (Fsp3) is 0.241. The van der Waals surface area contributed by atoms with Crippen LogP contribution in [-0.2, 0) is 9.59 Å². The molecule has 3 heterocycles. The summed E-state index contributed by atoms with van der Waals surface area (Å²) in [5.74, 6) is -0.141. The maximum atomic E-state index is 12.5. The predicted molar refractivity (Wildman–Crippen MR) is 143 cm³/mol. The van der Waals surface area contributed by atoms with Crippen LogP contribution < -0.4 is 14.2 Å². The molecule has 0 N–H and O–H groups in total. The summed E-state index contributed by atoms with van der Waals surface area (Å²) in [5.41, 5.74) is 2.87. The topological polar surface area (TPSA) is 95.8 Å². The first-order valence-corrected chi connectivity index (χ1v) is 12.3. The van der Waals surface area contributed by atoms with E-state index in [1.54, 1.807) is 11.6 Å². The summed E-state index contributed by atoms with van der Waals surface area (Å²) < 4.78 is 19.0. The Morgan fingerprint density at radius 1 is 0.974 bits per heavy atom. The molecular formula is C29H28N4O5. The Hall–Kier alpha value is -4.50. The minimum absolute atomic E-state index is 0.0869. The van der Waals surface area contributed by atoms with Gasteiger partial charge < -0.3 is 19.1 Å². The summed E-state index contributed by atoms with van der Waals surface area (Å²) in [5, 5.41) is 5.35. The van der Waals surface area contributed by atoms with Crippen LogP contribution in [-0.4, -0.2) is 58.8 Å². The molecule has 0 saturated carbocycles. The van der Waals surface area contributed by atoms with Crippen molar-refractivity contribution >= 4 is 23.0 Å². The van der Waals surface area contributed by atoms with Crippen LogP contribution in [0.2, 0.25) is 0 Å². The molecule has 1 aliphatic rings. The minimum Gasteiger partial charge on any atom is -0.493 e. The first kappa shape index (κ1) is 25.2. The quantitative estimate of drug-likeness (QED) is 0.337. The van der Waals surface area contributed by atoms with Crippen LogP contribution in [0.1, 0.15) is 12.6 Å². The van der Waals surface area contributed by atoms with Gasteiger partial charge in [-0.15, -0.1) is 0 Å². The van der Waals surface area contributed by atoms with Crippen LogP contribution in [0.15, 0.2) is 66.7 Å². The van der Waals surface area contributed by atoms with Gasteiger partial charge in [0, 0.05) is 36.2 Å². The predicted octanol–water partition coefficient (Wildman–Crippen LogP) is 4.35. The van der Waals surface area contributed by atoms with Crippen LogP contribution >= 0.6 is 0 Å². The third-order valence-corrected chi connectivity index (χ3v) is 5.98. The second kappa shape index (κ2) is 10.5. The lowest BCUT2D eigenvalue weighted by Gasteiger charge is -2.17. The molecule has 4 aromatic rings. The molecule has 0 spiro atoms. The summed E-state index contributed by atoms with van der Waals surface area (Å²) in [7, 11) is 4.08. The van der Waals surface area contributed by atoms with Crippen molar-refractivity contribution in [2.24, 2.45) is 5.92 Å². The zero-order chi connectivity index (χ0) is 26.8. The van der Waals surface area contributed by atoms with Crippen LogP contribution in [0, 0.1) is 12.8 Å². The summed E-state index contributed by atoms with van der Waals surface area (Å²) in [6.45, 7) is 5.31. The average molecular weight is 513 g/mol. The van der Waals surface area contributed by atoms with Gasteiger partial charge in [0.05, 0.1) is 23.4 Å². The van der Waals surface area contributed by atoms with Gasteiger partial charge in [-0.1, -0.05) is 43.3 Å². The average Bonchev–Trinajstić information content (AvgIpc) is 3.26. The molecule has 2 aromatic carbocycles. The number of esters is 2. The molecular weight excluding hydrogens is 484 g/mol. The number of fused-ring (bicyclic) bond motifs is 3. The fourth-order valence-electron chi connectivity index (χ4n) is 4.43. The molecule has 2 aromatic heterocycles. The van der Waals surface area contributed by atoms with E-state index >= 15 is 0 Å². The number of hydrogen-bond donors (Lipinski definition) is 0. The largest absolute Gasteiger partial charge is 0.493 e. The normalized spacial score (nSPS) is 14.9. The zero-order valence-electron chi connectivity index (χ0n) is 21.7. The van der Waals surface area contributed by atoms with Gasteiger partial charge in [-0.2, -0.15) is 5.10 Å². The number of pyridine rings is 1. The van der Waals surface area contributed by atoms with Crippen molar-refractivity contribution in [2.75, 3.05) is 27.2 Å². The van der Waals surface area contributed by atoms with E-state index in [0.29, 0.717) is 40.7 Å². The molecule has 1 atom stereocenters. The molecule has 38 heavy (non-hydrogen) atoms. The van der Waals surface area contributed by atoms with E-state index in [9.17, 15) is 9.59 Å². The van der Waals surface area contributed by atoms with Gasteiger partial charge >= 0.3 is 11.9 Å². The standard InChI is InChI=1S/C29H28N4O5/c1-18(16-32(3)4)17-36-22-12-8-11-21(15-22)33-29-25(26(31-33)20-9-6-5-7-10-20)28-27(19(2)30-29)37-23(34)13-14-24(35)38-28/h5-15,18H,16-17H2,1-4H3/b14-13-. The van der Waals surface area contributed by atoms with Crippen molar-refractivity contribution in [3.05, 3.63) is 72.4 Å². The molecule has 9 heteroatoms. The molecule has 0 bridgehead atoms.